The van der Waals surface area contributed by atoms with Crippen LogP contribution in [0.1, 0.15) is 19.4 Å². The van der Waals surface area contributed by atoms with Crippen molar-refractivity contribution in [3.63, 3.8) is 0 Å². The van der Waals surface area contributed by atoms with E-state index in [1.165, 1.54) is 6.07 Å². The number of hydrogen-bond acceptors (Lipinski definition) is 3. The molecule has 0 aliphatic carbocycles. The van der Waals surface area contributed by atoms with Gasteiger partial charge in [0.25, 0.3) is 0 Å². The lowest BCUT2D eigenvalue weighted by Crippen LogP contribution is -2.36. The van der Waals surface area contributed by atoms with Crippen LogP contribution in [-0.2, 0) is 9.84 Å². The predicted molar refractivity (Wildman–Crippen MR) is 64.9 cm³/mol. The Kier molecular flexibility index (Phi) is 2.42. The largest absolute Gasteiger partial charge is 0.321 e. The number of rotatable bonds is 1. The predicted octanol–water partition coefficient (Wildman–Crippen LogP) is 2.21. The monoisotopic (exact) mass is 257 g/mol. The molecule has 1 heterocycles. The normalized spacial score (nSPS) is 18.1. The molecule has 0 unspecified atom stereocenters. The lowest BCUT2D eigenvalue weighted by atomic mass is 10.0. The number of nitrogens with two attached hydrogens (primary N) is 1. The van der Waals surface area contributed by atoms with Crippen molar-refractivity contribution in [1.29, 1.82) is 0 Å². The summed E-state index contributed by atoms with van der Waals surface area (Å²) in [6.07, 6.45) is 1.59. The standard InChI is InChI=1S/C11H12ClNO2S/c1-11(2,13)10-6-7-5-8(12)3-4-9(7)16(10,14)15/h3-6H,13H2,1-2H3. The molecule has 0 bridgehead atoms. The van der Waals surface area contributed by atoms with Crippen LogP contribution in [0.25, 0.3) is 6.08 Å². The first-order valence-corrected chi connectivity index (χ1v) is 6.65. The maximum absolute atomic E-state index is 12.2. The lowest BCUT2D eigenvalue weighted by Gasteiger charge is -2.19. The smallest absolute Gasteiger partial charge is 0.205 e. The molecule has 0 atom stereocenters. The fourth-order valence-corrected chi connectivity index (χ4v) is 3.81. The third-order valence-electron chi connectivity index (χ3n) is 2.47. The zero-order chi connectivity index (χ0) is 12.1. The molecule has 1 aromatic carbocycles. The van der Waals surface area contributed by atoms with Crippen molar-refractivity contribution in [1.82, 2.24) is 0 Å². The molecule has 0 amide bonds. The highest BCUT2D eigenvalue weighted by Gasteiger charge is 2.36. The maximum Gasteiger partial charge on any atom is 0.205 e. The molecule has 0 saturated carbocycles. The van der Waals surface area contributed by atoms with E-state index in [1.54, 1.807) is 32.1 Å². The van der Waals surface area contributed by atoms with Gasteiger partial charge in [0.15, 0.2) is 0 Å². The maximum atomic E-state index is 12.2. The molecule has 0 fully saturated rings. The molecule has 0 radical (unpaired) electrons. The Hall–Kier alpha value is -0.840. The summed E-state index contributed by atoms with van der Waals surface area (Å²) in [4.78, 5) is 0.516. The molecule has 2 rings (SSSR count). The second-order valence-electron chi connectivity index (χ2n) is 4.42. The van der Waals surface area contributed by atoms with Gasteiger partial charge in [-0.1, -0.05) is 11.6 Å². The van der Waals surface area contributed by atoms with E-state index < -0.39 is 15.4 Å². The third kappa shape index (κ3) is 1.67. The fourth-order valence-electron chi connectivity index (χ4n) is 1.75. The molecular formula is C11H12ClNO2S. The SMILES string of the molecule is CC(C)(N)C1=Cc2cc(Cl)ccc2S1(=O)=O. The average Bonchev–Trinajstić information content (AvgIpc) is 2.36. The van der Waals surface area contributed by atoms with Crippen LogP contribution in [0.2, 0.25) is 5.02 Å². The van der Waals surface area contributed by atoms with Crippen molar-refractivity contribution in [2.45, 2.75) is 24.3 Å². The first-order valence-electron chi connectivity index (χ1n) is 4.78. The van der Waals surface area contributed by atoms with Gasteiger partial charge in [-0.2, -0.15) is 0 Å². The zero-order valence-electron chi connectivity index (χ0n) is 8.99. The number of fused-ring (bicyclic) bond motifs is 1. The molecular weight excluding hydrogens is 246 g/mol. The number of halogens is 1. The summed E-state index contributed by atoms with van der Waals surface area (Å²) in [6, 6.07) is 4.72. The van der Waals surface area contributed by atoms with Gasteiger partial charge in [0.05, 0.1) is 9.80 Å². The highest BCUT2D eigenvalue weighted by Crippen LogP contribution is 2.38. The topological polar surface area (TPSA) is 60.2 Å². The van der Waals surface area contributed by atoms with E-state index in [0.717, 1.165) is 0 Å². The van der Waals surface area contributed by atoms with Crippen molar-refractivity contribution in [2.75, 3.05) is 0 Å². The molecule has 5 heteroatoms. The van der Waals surface area contributed by atoms with Gasteiger partial charge in [-0.05, 0) is 43.7 Å². The van der Waals surface area contributed by atoms with Gasteiger partial charge in [-0.25, -0.2) is 8.42 Å². The van der Waals surface area contributed by atoms with Crippen LogP contribution in [0.5, 0.6) is 0 Å². The summed E-state index contributed by atoms with van der Waals surface area (Å²) in [6.45, 7) is 3.34. The Morgan fingerprint density at radius 3 is 2.50 bits per heavy atom. The molecule has 1 aromatic rings. The molecule has 1 aliphatic rings. The Balaban J connectivity index is 2.71. The van der Waals surface area contributed by atoms with Gasteiger partial charge < -0.3 is 5.73 Å². The van der Waals surface area contributed by atoms with Crippen LogP contribution in [-0.4, -0.2) is 14.0 Å². The Labute approximate surface area is 99.8 Å². The molecule has 0 spiro atoms. The molecule has 3 nitrogen and oxygen atoms in total. The molecule has 2 N–H and O–H groups in total. The van der Waals surface area contributed by atoms with Crippen LogP contribution in [0.4, 0.5) is 0 Å². The highest BCUT2D eigenvalue weighted by atomic mass is 35.5. The first-order chi connectivity index (χ1) is 7.23. The van der Waals surface area contributed by atoms with E-state index in [2.05, 4.69) is 0 Å². The van der Waals surface area contributed by atoms with Crippen molar-refractivity contribution in [3.05, 3.63) is 33.7 Å². The van der Waals surface area contributed by atoms with Crippen LogP contribution >= 0.6 is 11.6 Å². The summed E-state index contributed by atoms with van der Waals surface area (Å²) < 4.78 is 24.3. The van der Waals surface area contributed by atoms with Gasteiger partial charge >= 0.3 is 0 Å². The highest BCUT2D eigenvalue weighted by molar-refractivity contribution is 7.96. The van der Waals surface area contributed by atoms with Gasteiger partial charge in [-0.15, -0.1) is 0 Å². The second kappa shape index (κ2) is 3.32. The first kappa shape index (κ1) is 11.6. The minimum absolute atomic E-state index is 0.234. The zero-order valence-corrected chi connectivity index (χ0v) is 10.6. The molecule has 1 aliphatic heterocycles. The summed E-state index contributed by atoms with van der Waals surface area (Å²) in [5.41, 5.74) is 5.58. The second-order valence-corrected chi connectivity index (χ2v) is 6.74. The van der Waals surface area contributed by atoms with Crippen molar-refractivity contribution >= 4 is 27.5 Å². The number of sulfone groups is 1. The third-order valence-corrected chi connectivity index (χ3v) is 4.88. The lowest BCUT2D eigenvalue weighted by molar-refractivity contribution is 0.582. The average molecular weight is 258 g/mol. The minimum atomic E-state index is -3.44. The van der Waals surface area contributed by atoms with E-state index >= 15 is 0 Å². The Bertz CT molecular complexity index is 582. The van der Waals surface area contributed by atoms with Crippen LogP contribution in [0.15, 0.2) is 28.0 Å². The molecule has 16 heavy (non-hydrogen) atoms. The summed E-state index contributed by atoms with van der Waals surface area (Å²) in [7, 11) is -3.44. The van der Waals surface area contributed by atoms with E-state index in [1.807, 2.05) is 0 Å². The van der Waals surface area contributed by atoms with E-state index in [-0.39, 0.29) is 9.80 Å². The molecule has 0 saturated heterocycles. The van der Waals surface area contributed by atoms with Gasteiger partial charge in [-0.3, -0.25) is 0 Å². The summed E-state index contributed by atoms with van der Waals surface area (Å²) in [5, 5.41) is 0.515. The van der Waals surface area contributed by atoms with Crippen LogP contribution in [0, 0.1) is 0 Å². The van der Waals surface area contributed by atoms with Gasteiger partial charge in [0, 0.05) is 10.6 Å². The summed E-state index contributed by atoms with van der Waals surface area (Å²) >= 11 is 5.82. The van der Waals surface area contributed by atoms with E-state index in [4.69, 9.17) is 17.3 Å². The van der Waals surface area contributed by atoms with E-state index in [0.29, 0.717) is 10.6 Å². The molecule has 0 aromatic heterocycles. The van der Waals surface area contributed by atoms with Crippen molar-refractivity contribution in [3.8, 4) is 0 Å². The number of benzene rings is 1. The fraction of sp³-hybridized carbons (Fsp3) is 0.273. The quantitative estimate of drug-likeness (QED) is 0.839. The summed E-state index contributed by atoms with van der Waals surface area (Å²) in [5.74, 6) is 0. The van der Waals surface area contributed by atoms with Crippen LogP contribution < -0.4 is 5.73 Å². The van der Waals surface area contributed by atoms with Crippen molar-refractivity contribution < 1.29 is 8.42 Å². The minimum Gasteiger partial charge on any atom is -0.321 e. The van der Waals surface area contributed by atoms with Crippen LogP contribution in [0.3, 0.4) is 0 Å². The van der Waals surface area contributed by atoms with Gasteiger partial charge in [0.1, 0.15) is 0 Å². The van der Waals surface area contributed by atoms with E-state index in [9.17, 15) is 8.42 Å². The van der Waals surface area contributed by atoms with Crippen molar-refractivity contribution in [2.24, 2.45) is 5.73 Å². The Morgan fingerprint density at radius 2 is 1.94 bits per heavy atom. The number of hydrogen-bond donors (Lipinski definition) is 1. The molecule has 86 valence electrons. The Morgan fingerprint density at radius 1 is 1.31 bits per heavy atom. The van der Waals surface area contributed by atoms with Gasteiger partial charge in [0.2, 0.25) is 9.84 Å².